The number of carbonyl (C=O) groups is 1. The Kier molecular flexibility index (Phi) is 3.14. The van der Waals surface area contributed by atoms with Crippen LogP contribution >= 0.6 is 0 Å². The molecule has 1 saturated heterocycles. The van der Waals surface area contributed by atoms with Crippen LogP contribution in [-0.2, 0) is 11.3 Å². The minimum atomic E-state index is -1.17. The molecule has 1 fully saturated rings. The standard InChI is InChI=1S/C10H14N2O5/c1-16-3-8-11-7(2-17-8)9(14)12-4-10(15,5-12)6-13/h2,13,15H,3-6H2,1H3. The first-order valence-corrected chi connectivity index (χ1v) is 5.14. The second-order valence-electron chi connectivity index (χ2n) is 4.10. The first kappa shape index (κ1) is 12.0. The van der Waals surface area contributed by atoms with E-state index >= 15 is 0 Å². The van der Waals surface area contributed by atoms with Gasteiger partial charge >= 0.3 is 0 Å². The molecule has 1 aliphatic rings. The van der Waals surface area contributed by atoms with Crippen LogP contribution in [0, 0.1) is 0 Å². The Morgan fingerprint density at radius 1 is 1.71 bits per heavy atom. The normalized spacial score (nSPS) is 17.9. The van der Waals surface area contributed by atoms with Gasteiger partial charge in [0.25, 0.3) is 5.91 Å². The molecule has 1 aliphatic heterocycles. The second kappa shape index (κ2) is 4.44. The summed E-state index contributed by atoms with van der Waals surface area (Å²) in [6, 6.07) is 0. The summed E-state index contributed by atoms with van der Waals surface area (Å²) in [5.41, 5.74) is -0.994. The van der Waals surface area contributed by atoms with Gasteiger partial charge in [-0.3, -0.25) is 4.79 Å². The van der Waals surface area contributed by atoms with Crippen molar-refractivity contribution in [3.8, 4) is 0 Å². The summed E-state index contributed by atoms with van der Waals surface area (Å²) in [7, 11) is 1.50. The fraction of sp³-hybridized carbons (Fsp3) is 0.600. The van der Waals surface area contributed by atoms with E-state index in [0.717, 1.165) is 0 Å². The van der Waals surface area contributed by atoms with Crippen LogP contribution in [-0.4, -0.2) is 58.4 Å². The monoisotopic (exact) mass is 242 g/mol. The number of rotatable bonds is 4. The lowest BCUT2D eigenvalue weighted by atomic mass is 9.95. The highest BCUT2D eigenvalue weighted by Crippen LogP contribution is 2.22. The van der Waals surface area contributed by atoms with E-state index in [-0.39, 0.29) is 37.9 Å². The van der Waals surface area contributed by atoms with Crippen molar-refractivity contribution in [3.63, 3.8) is 0 Å². The SMILES string of the molecule is COCc1nc(C(=O)N2CC(O)(CO)C2)co1. The molecular formula is C10H14N2O5. The van der Waals surface area contributed by atoms with E-state index in [2.05, 4.69) is 4.98 Å². The summed E-state index contributed by atoms with van der Waals surface area (Å²) < 4.78 is 9.85. The third kappa shape index (κ3) is 2.31. The number of methoxy groups -OCH3 is 1. The number of hydrogen-bond acceptors (Lipinski definition) is 6. The van der Waals surface area contributed by atoms with Gasteiger partial charge in [0.2, 0.25) is 5.89 Å². The third-order valence-electron chi connectivity index (χ3n) is 2.59. The van der Waals surface area contributed by atoms with Gasteiger partial charge < -0.3 is 24.3 Å². The molecule has 7 nitrogen and oxygen atoms in total. The number of aromatic nitrogens is 1. The molecule has 94 valence electrons. The molecule has 1 aromatic rings. The van der Waals surface area contributed by atoms with Crippen LogP contribution in [0.15, 0.2) is 10.7 Å². The number of oxazole rings is 1. The lowest BCUT2D eigenvalue weighted by molar-refractivity contribution is -0.110. The number of hydrogen-bond donors (Lipinski definition) is 2. The fourth-order valence-corrected chi connectivity index (χ4v) is 1.67. The van der Waals surface area contributed by atoms with Crippen molar-refractivity contribution in [1.82, 2.24) is 9.88 Å². The van der Waals surface area contributed by atoms with Gasteiger partial charge in [-0.1, -0.05) is 0 Å². The van der Waals surface area contributed by atoms with Crippen LogP contribution in [0.3, 0.4) is 0 Å². The fourth-order valence-electron chi connectivity index (χ4n) is 1.67. The topological polar surface area (TPSA) is 96.0 Å². The average Bonchev–Trinajstić information content (AvgIpc) is 2.73. The molecule has 0 aromatic carbocycles. The molecule has 2 rings (SSSR count). The molecule has 1 amide bonds. The van der Waals surface area contributed by atoms with Crippen molar-refractivity contribution in [2.24, 2.45) is 0 Å². The maximum Gasteiger partial charge on any atom is 0.276 e. The molecule has 2 heterocycles. The quantitative estimate of drug-likeness (QED) is 0.703. The van der Waals surface area contributed by atoms with Crippen molar-refractivity contribution < 1.29 is 24.2 Å². The number of ether oxygens (including phenoxy) is 1. The minimum Gasteiger partial charge on any atom is -0.446 e. The van der Waals surface area contributed by atoms with E-state index in [1.807, 2.05) is 0 Å². The predicted octanol–water partition coefficient (Wildman–Crippen LogP) is -1.000. The van der Waals surface area contributed by atoms with Crippen molar-refractivity contribution >= 4 is 5.91 Å². The number of aliphatic hydroxyl groups is 2. The molecule has 7 heteroatoms. The molecule has 0 atom stereocenters. The summed E-state index contributed by atoms with van der Waals surface area (Å²) in [6.07, 6.45) is 1.26. The maximum absolute atomic E-state index is 11.8. The van der Waals surface area contributed by atoms with Crippen LogP contribution in [0.5, 0.6) is 0 Å². The zero-order valence-electron chi connectivity index (χ0n) is 9.42. The molecule has 0 saturated carbocycles. The zero-order chi connectivity index (χ0) is 12.5. The van der Waals surface area contributed by atoms with Crippen LogP contribution < -0.4 is 0 Å². The number of carbonyl (C=O) groups excluding carboxylic acids is 1. The summed E-state index contributed by atoms with van der Waals surface area (Å²) in [5.74, 6) is 0.00280. The average molecular weight is 242 g/mol. The highest BCUT2D eigenvalue weighted by Gasteiger charge is 2.43. The maximum atomic E-state index is 11.8. The number of likely N-dealkylation sites (tertiary alicyclic amines) is 1. The first-order valence-electron chi connectivity index (χ1n) is 5.14. The Bertz CT molecular complexity index is 411. The Morgan fingerprint density at radius 2 is 2.41 bits per heavy atom. The van der Waals surface area contributed by atoms with Gasteiger partial charge in [-0.25, -0.2) is 4.98 Å². The van der Waals surface area contributed by atoms with Gasteiger partial charge in [0.1, 0.15) is 18.5 Å². The van der Waals surface area contributed by atoms with Crippen molar-refractivity contribution in [1.29, 1.82) is 0 Å². The Morgan fingerprint density at radius 3 is 3.00 bits per heavy atom. The number of nitrogens with zero attached hydrogens (tertiary/aromatic N) is 2. The minimum absolute atomic E-state index is 0.106. The smallest absolute Gasteiger partial charge is 0.276 e. The summed E-state index contributed by atoms with van der Waals surface area (Å²) in [5, 5.41) is 18.4. The van der Waals surface area contributed by atoms with E-state index in [1.54, 1.807) is 0 Å². The number of amides is 1. The van der Waals surface area contributed by atoms with Gasteiger partial charge in [-0.15, -0.1) is 0 Å². The van der Waals surface area contributed by atoms with Gasteiger partial charge in [0.15, 0.2) is 5.69 Å². The molecule has 0 spiro atoms. The molecule has 17 heavy (non-hydrogen) atoms. The molecule has 0 aliphatic carbocycles. The Hall–Kier alpha value is -1.44. The first-order chi connectivity index (χ1) is 8.08. The van der Waals surface area contributed by atoms with E-state index in [0.29, 0.717) is 5.89 Å². The van der Waals surface area contributed by atoms with Crippen LogP contribution in [0.4, 0.5) is 0 Å². The predicted molar refractivity (Wildman–Crippen MR) is 55.2 cm³/mol. The molecular weight excluding hydrogens is 228 g/mol. The summed E-state index contributed by atoms with van der Waals surface area (Å²) in [4.78, 5) is 17.2. The van der Waals surface area contributed by atoms with Gasteiger partial charge in [-0.2, -0.15) is 0 Å². The third-order valence-corrected chi connectivity index (χ3v) is 2.59. The van der Waals surface area contributed by atoms with E-state index < -0.39 is 5.60 Å². The number of β-amino-alcohol motifs (C(OH)–C–C–N with tert-alkyl or cyclic N) is 1. The largest absolute Gasteiger partial charge is 0.446 e. The van der Waals surface area contributed by atoms with Gasteiger partial charge in [-0.05, 0) is 0 Å². The molecule has 1 aromatic heterocycles. The zero-order valence-corrected chi connectivity index (χ0v) is 9.42. The number of aliphatic hydroxyl groups excluding tert-OH is 1. The van der Waals surface area contributed by atoms with Crippen LogP contribution in [0.2, 0.25) is 0 Å². The lowest BCUT2D eigenvalue weighted by Gasteiger charge is -2.44. The van der Waals surface area contributed by atoms with Gasteiger partial charge in [0, 0.05) is 7.11 Å². The van der Waals surface area contributed by atoms with Gasteiger partial charge in [0.05, 0.1) is 19.7 Å². The Balaban J connectivity index is 1.96. The van der Waals surface area contributed by atoms with E-state index in [4.69, 9.17) is 14.3 Å². The molecule has 2 N–H and O–H groups in total. The Labute approximate surface area is 97.6 Å². The molecule has 0 radical (unpaired) electrons. The van der Waals surface area contributed by atoms with Crippen LogP contribution in [0.25, 0.3) is 0 Å². The van der Waals surface area contributed by atoms with Crippen molar-refractivity contribution in [3.05, 3.63) is 17.8 Å². The highest BCUT2D eigenvalue weighted by atomic mass is 16.5. The highest BCUT2D eigenvalue weighted by molar-refractivity contribution is 5.92. The van der Waals surface area contributed by atoms with Crippen molar-refractivity contribution in [2.75, 3.05) is 26.8 Å². The van der Waals surface area contributed by atoms with E-state index in [9.17, 15) is 9.90 Å². The lowest BCUT2D eigenvalue weighted by Crippen LogP contribution is -2.65. The summed E-state index contributed by atoms with van der Waals surface area (Å²) in [6.45, 7) is 0.0575. The van der Waals surface area contributed by atoms with E-state index in [1.165, 1.54) is 18.3 Å². The molecule has 0 unspecified atom stereocenters. The van der Waals surface area contributed by atoms with Crippen LogP contribution in [0.1, 0.15) is 16.4 Å². The molecule has 0 bridgehead atoms. The summed E-state index contributed by atoms with van der Waals surface area (Å²) >= 11 is 0. The second-order valence-corrected chi connectivity index (χ2v) is 4.10. The van der Waals surface area contributed by atoms with Crippen molar-refractivity contribution in [2.45, 2.75) is 12.2 Å².